The quantitative estimate of drug-likeness (QED) is 0.343. The fourth-order valence-electron chi connectivity index (χ4n) is 3.15. The van der Waals surface area contributed by atoms with E-state index in [1.807, 2.05) is 24.4 Å². The minimum Gasteiger partial charge on any atom is -0.318 e. The number of H-pyrrole nitrogens is 2. The number of fused-ring (bicyclic) bond motifs is 1. The van der Waals surface area contributed by atoms with Gasteiger partial charge in [-0.3, -0.25) is 4.99 Å². The van der Waals surface area contributed by atoms with Gasteiger partial charge in [-0.2, -0.15) is 0 Å². The van der Waals surface area contributed by atoms with E-state index in [0.717, 1.165) is 39.4 Å². The third kappa shape index (κ3) is 3.12. The molecule has 0 amide bonds. The zero-order valence-electron chi connectivity index (χ0n) is 14.4. The third-order valence-corrected chi connectivity index (χ3v) is 5.13. The second kappa shape index (κ2) is 6.60. The lowest BCUT2D eigenvalue weighted by Crippen LogP contribution is -1.99. The van der Waals surface area contributed by atoms with Crippen molar-refractivity contribution in [2.75, 3.05) is 0 Å². The van der Waals surface area contributed by atoms with E-state index in [1.165, 1.54) is 3.57 Å². The number of rotatable bonds is 3. The second-order valence-electron chi connectivity index (χ2n) is 6.21. The molecule has 0 fully saturated rings. The fraction of sp³-hybridized carbons (Fsp3) is 0.100. The highest BCUT2D eigenvalue weighted by Gasteiger charge is 2.09. The maximum atomic E-state index is 11.4. The molecule has 0 radical (unpaired) electrons. The predicted molar refractivity (Wildman–Crippen MR) is 114 cm³/mol. The van der Waals surface area contributed by atoms with E-state index in [1.54, 1.807) is 0 Å². The van der Waals surface area contributed by atoms with Crippen molar-refractivity contribution in [2.45, 2.75) is 13.8 Å². The Hall–Kier alpha value is -2.61. The van der Waals surface area contributed by atoms with Gasteiger partial charge in [0.25, 0.3) is 0 Å². The molecular weight excluding hydrogens is 439 g/mol. The first-order valence-electron chi connectivity index (χ1n) is 8.22. The number of aryl methyl sites for hydroxylation is 1. The monoisotopic (exact) mass is 456 g/mol. The van der Waals surface area contributed by atoms with Crippen molar-refractivity contribution < 1.29 is 0 Å². The number of nitrogens with zero attached hydrogens (tertiary/aromatic N) is 2. The van der Waals surface area contributed by atoms with E-state index < -0.39 is 0 Å². The summed E-state index contributed by atoms with van der Waals surface area (Å²) in [5, 5.41) is 0. The van der Waals surface area contributed by atoms with Crippen LogP contribution in [0.5, 0.6) is 0 Å². The van der Waals surface area contributed by atoms with Gasteiger partial charge in [-0.05, 0) is 85.0 Å². The average Bonchev–Trinajstić information content (AvgIpc) is 3.12. The van der Waals surface area contributed by atoms with E-state index in [9.17, 15) is 4.79 Å². The van der Waals surface area contributed by atoms with Crippen LogP contribution < -0.4 is 5.69 Å². The van der Waals surface area contributed by atoms with Crippen LogP contribution in [-0.2, 0) is 0 Å². The lowest BCUT2D eigenvalue weighted by molar-refractivity contribution is 0.964. The highest BCUT2D eigenvalue weighted by Crippen LogP contribution is 2.22. The summed E-state index contributed by atoms with van der Waals surface area (Å²) in [7, 11) is 0. The van der Waals surface area contributed by atoms with Gasteiger partial charge in [0.15, 0.2) is 0 Å². The molecule has 2 aromatic heterocycles. The number of hydrogen-bond acceptors (Lipinski definition) is 2. The van der Waals surface area contributed by atoms with Crippen LogP contribution in [0.15, 0.2) is 58.3 Å². The number of nitrogens with one attached hydrogen (secondary N) is 2. The zero-order valence-corrected chi connectivity index (χ0v) is 16.5. The molecule has 0 unspecified atom stereocenters. The third-order valence-electron chi connectivity index (χ3n) is 4.41. The van der Waals surface area contributed by atoms with Crippen molar-refractivity contribution in [1.29, 1.82) is 0 Å². The molecule has 2 aromatic carbocycles. The van der Waals surface area contributed by atoms with Crippen molar-refractivity contribution in [2.24, 2.45) is 4.99 Å². The van der Waals surface area contributed by atoms with E-state index in [2.05, 4.69) is 86.3 Å². The summed E-state index contributed by atoms with van der Waals surface area (Å²) < 4.78 is 3.44. The Balaban J connectivity index is 1.69. The maximum absolute atomic E-state index is 11.4. The van der Waals surface area contributed by atoms with Gasteiger partial charge in [-0.15, -0.1) is 0 Å². The molecule has 130 valence electrons. The van der Waals surface area contributed by atoms with Gasteiger partial charge in [-0.1, -0.05) is 0 Å². The van der Waals surface area contributed by atoms with Gasteiger partial charge < -0.3 is 14.5 Å². The first-order chi connectivity index (χ1) is 12.5. The Bertz CT molecular complexity index is 1180. The molecule has 0 aliphatic carbocycles. The van der Waals surface area contributed by atoms with E-state index >= 15 is 0 Å². The Kier molecular flexibility index (Phi) is 4.28. The van der Waals surface area contributed by atoms with E-state index in [0.29, 0.717) is 0 Å². The predicted octanol–water partition coefficient (Wildman–Crippen LogP) is 4.62. The molecule has 4 aromatic rings. The van der Waals surface area contributed by atoms with Gasteiger partial charge in [0.2, 0.25) is 0 Å². The van der Waals surface area contributed by atoms with Crippen LogP contribution in [0, 0.1) is 17.4 Å². The summed E-state index contributed by atoms with van der Waals surface area (Å²) in [6, 6.07) is 16.2. The van der Waals surface area contributed by atoms with Crippen LogP contribution in [0.2, 0.25) is 0 Å². The summed E-state index contributed by atoms with van der Waals surface area (Å²) in [6.45, 7) is 4.19. The summed E-state index contributed by atoms with van der Waals surface area (Å²) in [5.74, 6) is 0. The molecule has 26 heavy (non-hydrogen) atoms. The Morgan fingerprint density at radius 2 is 1.73 bits per heavy atom. The first kappa shape index (κ1) is 16.8. The molecule has 0 atom stereocenters. The first-order valence-corrected chi connectivity index (χ1v) is 9.30. The van der Waals surface area contributed by atoms with Crippen LogP contribution in [0.1, 0.15) is 17.0 Å². The Morgan fingerprint density at radius 1 is 1.00 bits per heavy atom. The number of hydrogen-bond donors (Lipinski definition) is 2. The van der Waals surface area contributed by atoms with Gasteiger partial charge in [0.05, 0.1) is 16.7 Å². The van der Waals surface area contributed by atoms with Crippen molar-refractivity contribution in [3.63, 3.8) is 0 Å². The molecule has 0 spiro atoms. The number of benzene rings is 2. The van der Waals surface area contributed by atoms with Crippen LogP contribution in [0.3, 0.4) is 0 Å². The number of aromatic nitrogens is 3. The number of halogens is 1. The second-order valence-corrected chi connectivity index (χ2v) is 7.45. The summed E-state index contributed by atoms with van der Waals surface area (Å²) in [6.07, 6.45) is 1.87. The van der Waals surface area contributed by atoms with Gasteiger partial charge in [0.1, 0.15) is 0 Å². The van der Waals surface area contributed by atoms with Crippen molar-refractivity contribution in [3.05, 3.63) is 79.5 Å². The van der Waals surface area contributed by atoms with Crippen molar-refractivity contribution in [1.82, 2.24) is 14.5 Å². The molecule has 4 rings (SSSR count). The smallest absolute Gasteiger partial charge is 0.318 e. The Labute approximate surface area is 163 Å². The highest BCUT2D eigenvalue weighted by molar-refractivity contribution is 14.1. The van der Waals surface area contributed by atoms with Gasteiger partial charge >= 0.3 is 5.69 Å². The van der Waals surface area contributed by atoms with Crippen LogP contribution in [-0.4, -0.2) is 20.7 Å². The molecule has 0 aliphatic rings. The topological polar surface area (TPSA) is 65.9 Å². The lowest BCUT2D eigenvalue weighted by atomic mass is 10.2. The fourth-order valence-corrected chi connectivity index (χ4v) is 3.51. The Morgan fingerprint density at radius 3 is 2.50 bits per heavy atom. The lowest BCUT2D eigenvalue weighted by Gasteiger charge is -2.09. The van der Waals surface area contributed by atoms with Gasteiger partial charge in [-0.25, -0.2) is 4.79 Å². The molecule has 2 heterocycles. The molecule has 0 saturated heterocycles. The van der Waals surface area contributed by atoms with Crippen LogP contribution in [0.25, 0.3) is 16.7 Å². The summed E-state index contributed by atoms with van der Waals surface area (Å²) in [5.41, 5.74) is 6.66. The summed E-state index contributed by atoms with van der Waals surface area (Å²) >= 11 is 2.31. The van der Waals surface area contributed by atoms with E-state index in [4.69, 9.17) is 0 Å². The normalized spacial score (nSPS) is 11.7. The largest absolute Gasteiger partial charge is 0.323 e. The van der Waals surface area contributed by atoms with Crippen molar-refractivity contribution >= 4 is 45.5 Å². The minimum absolute atomic E-state index is 0.206. The highest BCUT2D eigenvalue weighted by atomic mass is 127. The number of imidazole rings is 1. The standard InChI is InChI=1S/C20H17IN4O/c1-12-9-14(13(2)25(12)17-6-3-15(21)4-7-17)11-22-16-5-8-18-19(10-16)24-20(26)23-18/h3-11H,1-2H3,(H2,23,24,26). The average molecular weight is 456 g/mol. The SMILES string of the molecule is Cc1cc(C=Nc2ccc3[nH]c(=O)[nH]c3c2)c(C)n1-c1ccc(I)cc1. The maximum Gasteiger partial charge on any atom is 0.323 e. The molecule has 0 saturated carbocycles. The zero-order chi connectivity index (χ0) is 18.3. The van der Waals surface area contributed by atoms with Crippen molar-refractivity contribution in [3.8, 4) is 5.69 Å². The van der Waals surface area contributed by atoms with E-state index in [-0.39, 0.29) is 5.69 Å². The van der Waals surface area contributed by atoms with Gasteiger partial charge in [0, 0.05) is 32.4 Å². The molecular formula is C20H17IN4O. The summed E-state index contributed by atoms with van der Waals surface area (Å²) in [4.78, 5) is 21.4. The number of aromatic amines is 2. The van der Waals surface area contributed by atoms with Crippen LogP contribution >= 0.6 is 22.6 Å². The molecule has 2 N–H and O–H groups in total. The minimum atomic E-state index is -0.206. The number of aliphatic imine (C=N–C) groups is 1. The molecule has 0 bridgehead atoms. The molecule has 5 nitrogen and oxygen atoms in total. The molecule has 0 aliphatic heterocycles. The molecule has 6 heteroatoms. The van der Waals surface area contributed by atoms with Crippen LogP contribution in [0.4, 0.5) is 5.69 Å².